The van der Waals surface area contributed by atoms with Crippen LogP contribution in [-0.4, -0.2) is 24.0 Å². The minimum absolute atomic E-state index is 0.0203. The van der Waals surface area contributed by atoms with Gasteiger partial charge in [0.05, 0.1) is 12.7 Å². The second-order valence-corrected chi connectivity index (χ2v) is 4.35. The van der Waals surface area contributed by atoms with Crippen molar-refractivity contribution in [2.24, 2.45) is 5.73 Å². The number of nitrogens with two attached hydrogens (primary N) is 1. The van der Waals surface area contributed by atoms with Gasteiger partial charge in [0.15, 0.2) is 0 Å². The summed E-state index contributed by atoms with van der Waals surface area (Å²) in [6, 6.07) is 0. The molecule has 0 aromatic carbocycles. The molecule has 2 heterocycles. The maximum atomic E-state index is 6.09. The van der Waals surface area contributed by atoms with E-state index >= 15 is 0 Å². The van der Waals surface area contributed by atoms with Gasteiger partial charge in [0.1, 0.15) is 11.3 Å². The van der Waals surface area contributed by atoms with Gasteiger partial charge in [-0.1, -0.05) is 6.42 Å². The molecular formula is C9H15NO2. The standard InChI is InChI=1S/C9H15NO2/c10-9-4-2-1-3-8(9,12-9)5-7-6-11-7/h7H,1-6,10H2. The second kappa shape index (κ2) is 2.03. The Morgan fingerprint density at radius 1 is 1.33 bits per heavy atom. The average molecular weight is 169 g/mol. The van der Waals surface area contributed by atoms with E-state index in [-0.39, 0.29) is 11.3 Å². The Labute approximate surface area is 72.2 Å². The van der Waals surface area contributed by atoms with Gasteiger partial charge in [0, 0.05) is 6.42 Å². The minimum atomic E-state index is -0.267. The summed E-state index contributed by atoms with van der Waals surface area (Å²) in [6.07, 6.45) is 6.16. The van der Waals surface area contributed by atoms with Crippen molar-refractivity contribution in [1.29, 1.82) is 0 Å². The van der Waals surface area contributed by atoms with Crippen LogP contribution in [-0.2, 0) is 9.47 Å². The summed E-state index contributed by atoms with van der Waals surface area (Å²) in [5, 5.41) is 0. The van der Waals surface area contributed by atoms with E-state index in [4.69, 9.17) is 15.2 Å². The first-order valence-electron chi connectivity index (χ1n) is 4.85. The molecule has 3 nitrogen and oxygen atoms in total. The summed E-state index contributed by atoms with van der Waals surface area (Å²) in [6.45, 7) is 0.918. The van der Waals surface area contributed by atoms with Gasteiger partial charge in [-0.05, 0) is 19.3 Å². The molecule has 3 rings (SSSR count). The van der Waals surface area contributed by atoms with E-state index in [0.717, 1.165) is 25.9 Å². The van der Waals surface area contributed by atoms with Gasteiger partial charge < -0.3 is 15.2 Å². The van der Waals surface area contributed by atoms with Crippen LogP contribution >= 0.6 is 0 Å². The molecule has 2 N–H and O–H groups in total. The SMILES string of the molecule is NC12CCCCC1(CC1CO1)O2. The molecule has 3 heteroatoms. The number of rotatable bonds is 2. The molecule has 0 bridgehead atoms. The Kier molecular flexibility index (Phi) is 1.23. The zero-order chi connectivity index (χ0) is 8.23. The number of fused-ring (bicyclic) bond motifs is 1. The highest BCUT2D eigenvalue weighted by atomic mass is 16.7. The molecule has 0 radical (unpaired) electrons. The monoisotopic (exact) mass is 169 g/mol. The molecule has 3 unspecified atom stereocenters. The van der Waals surface area contributed by atoms with Crippen LogP contribution in [0.25, 0.3) is 0 Å². The Balaban J connectivity index is 1.73. The van der Waals surface area contributed by atoms with Crippen LogP contribution in [0.15, 0.2) is 0 Å². The molecule has 3 atom stereocenters. The largest absolute Gasteiger partial charge is 0.373 e. The minimum Gasteiger partial charge on any atom is -0.373 e. The summed E-state index contributed by atoms with van der Waals surface area (Å²) in [5.41, 5.74) is 5.84. The lowest BCUT2D eigenvalue weighted by Crippen LogP contribution is -2.38. The first kappa shape index (κ1) is 7.30. The van der Waals surface area contributed by atoms with Crippen molar-refractivity contribution < 1.29 is 9.47 Å². The van der Waals surface area contributed by atoms with E-state index in [1.807, 2.05) is 0 Å². The predicted octanol–water partition coefficient (Wildman–Crippen LogP) is 0.773. The van der Waals surface area contributed by atoms with Crippen LogP contribution in [0.5, 0.6) is 0 Å². The van der Waals surface area contributed by atoms with Crippen molar-refractivity contribution >= 4 is 0 Å². The van der Waals surface area contributed by atoms with Crippen molar-refractivity contribution in [2.45, 2.75) is 49.5 Å². The lowest BCUT2D eigenvalue weighted by molar-refractivity contribution is 0.240. The average Bonchev–Trinajstić information content (AvgIpc) is 2.87. The summed E-state index contributed by atoms with van der Waals surface area (Å²) >= 11 is 0. The molecule has 2 aliphatic heterocycles. The first-order chi connectivity index (χ1) is 5.74. The number of hydrogen-bond acceptors (Lipinski definition) is 3. The van der Waals surface area contributed by atoms with Gasteiger partial charge in [0.2, 0.25) is 0 Å². The number of hydrogen-bond donors (Lipinski definition) is 1. The lowest BCUT2D eigenvalue weighted by Gasteiger charge is -2.20. The van der Waals surface area contributed by atoms with Crippen LogP contribution < -0.4 is 5.73 Å². The van der Waals surface area contributed by atoms with E-state index < -0.39 is 0 Å². The van der Waals surface area contributed by atoms with Gasteiger partial charge in [-0.25, -0.2) is 0 Å². The van der Waals surface area contributed by atoms with E-state index in [2.05, 4.69) is 0 Å². The molecule has 68 valence electrons. The maximum absolute atomic E-state index is 6.09. The zero-order valence-corrected chi connectivity index (χ0v) is 7.21. The third-order valence-electron chi connectivity index (χ3n) is 3.45. The van der Waals surface area contributed by atoms with Gasteiger partial charge >= 0.3 is 0 Å². The van der Waals surface area contributed by atoms with Gasteiger partial charge in [0.25, 0.3) is 0 Å². The van der Waals surface area contributed by atoms with Crippen LogP contribution in [0.4, 0.5) is 0 Å². The molecule has 12 heavy (non-hydrogen) atoms. The Morgan fingerprint density at radius 2 is 2.08 bits per heavy atom. The smallest absolute Gasteiger partial charge is 0.147 e. The van der Waals surface area contributed by atoms with Crippen LogP contribution in [0.2, 0.25) is 0 Å². The molecule has 0 spiro atoms. The van der Waals surface area contributed by atoms with Crippen molar-refractivity contribution in [3.05, 3.63) is 0 Å². The Hall–Kier alpha value is -0.120. The second-order valence-electron chi connectivity index (χ2n) is 4.35. The molecule has 1 aliphatic carbocycles. The highest BCUT2D eigenvalue weighted by Gasteiger charge is 2.69. The fourth-order valence-corrected chi connectivity index (χ4v) is 2.53. The van der Waals surface area contributed by atoms with E-state index in [9.17, 15) is 0 Å². The van der Waals surface area contributed by atoms with Gasteiger partial charge in [-0.15, -0.1) is 0 Å². The molecule has 1 saturated carbocycles. The summed E-state index contributed by atoms with van der Waals surface area (Å²) in [4.78, 5) is 0. The Morgan fingerprint density at radius 3 is 2.75 bits per heavy atom. The highest BCUT2D eigenvalue weighted by molar-refractivity contribution is 5.15. The van der Waals surface area contributed by atoms with Gasteiger partial charge in [-0.3, -0.25) is 0 Å². The van der Waals surface area contributed by atoms with Crippen LogP contribution in [0.3, 0.4) is 0 Å². The van der Waals surface area contributed by atoms with E-state index in [1.54, 1.807) is 0 Å². The fraction of sp³-hybridized carbons (Fsp3) is 1.00. The summed E-state index contributed by atoms with van der Waals surface area (Å²) < 4.78 is 10.9. The fourth-order valence-electron chi connectivity index (χ4n) is 2.53. The molecule has 2 saturated heterocycles. The molecule has 3 aliphatic rings. The van der Waals surface area contributed by atoms with Crippen LogP contribution in [0, 0.1) is 0 Å². The van der Waals surface area contributed by atoms with Crippen molar-refractivity contribution in [3.63, 3.8) is 0 Å². The van der Waals surface area contributed by atoms with Crippen LogP contribution in [0.1, 0.15) is 32.1 Å². The quantitative estimate of drug-likeness (QED) is 0.621. The first-order valence-corrected chi connectivity index (χ1v) is 4.85. The summed E-state index contributed by atoms with van der Waals surface area (Å²) in [7, 11) is 0. The molecule has 0 amide bonds. The van der Waals surface area contributed by atoms with Gasteiger partial charge in [-0.2, -0.15) is 0 Å². The van der Waals surface area contributed by atoms with E-state index in [1.165, 1.54) is 12.8 Å². The molecule has 0 aromatic rings. The Bertz CT molecular complexity index is 213. The molecule has 3 fully saturated rings. The highest BCUT2D eigenvalue weighted by Crippen LogP contribution is 2.57. The zero-order valence-electron chi connectivity index (χ0n) is 7.21. The number of epoxide rings is 2. The molecule has 0 aromatic heterocycles. The third-order valence-corrected chi connectivity index (χ3v) is 3.45. The number of ether oxygens (including phenoxy) is 2. The topological polar surface area (TPSA) is 51.1 Å². The third kappa shape index (κ3) is 0.873. The van der Waals surface area contributed by atoms with Crippen molar-refractivity contribution in [3.8, 4) is 0 Å². The summed E-state index contributed by atoms with van der Waals surface area (Å²) in [5.74, 6) is 0. The maximum Gasteiger partial charge on any atom is 0.147 e. The predicted molar refractivity (Wildman–Crippen MR) is 43.6 cm³/mol. The normalized spacial score (nSPS) is 56.2. The lowest BCUT2D eigenvalue weighted by atomic mass is 9.82. The molecular weight excluding hydrogens is 154 g/mol. The van der Waals surface area contributed by atoms with Crippen molar-refractivity contribution in [2.75, 3.05) is 6.61 Å². The van der Waals surface area contributed by atoms with E-state index in [0.29, 0.717) is 6.10 Å². The van der Waals surface area contributed by atoms with Crippen molar-refractivity contribution in [1.82, 2.24) is 0 Å².